The molecule has 25 heavy (non-hydrogen) atoms. The number of aromatic nitrogens is 1. The first-order chi connectivity index (χ1) is 12.1. The van der Waals surface area contributed by atoms with Crippen molar-refractivity contribution in [1.82, 2.24) is 10.5 Å². The third kappa shape index (κ3) is 3.30. The normalized spacial score (nSPS) is 11.4. The lowest BCUT2D eigenvalue weighted by Crippen LogP contribution is -2.19. The molecule has 0 spiro atoms. The Balaban J connectivity index is 2.11. The Morgan fingerprint density at radius 3 is 2.48 bits per heavy atom. The Kier molecular flexibility index (Phi) is 4.66. The summed E-state index contributed by atoms with van der Waals surface area (Å²) in [6.07, 6.45) is 1.65. The predicted octanol–water partition coefficient (Wildman–Crippen LogP) is 3.47. The van der Waals surface area contributed by atoms with Gasteiger partial charge in [-0.05, 0) is 12.5 Å². The average Bonchev–Trinajstić information content (AvgIpc) is 3.05. The monoisotopic (exact) mass is 333 g/mol. The molecule has 1 aromatic heterocycles. The van der Waals surface area contributed by atoms with E-state index in [1.54, 1.807) is 13.1 Å². The van der Waals surface area contributed by atoms with Gasteiger partial charge in [-0.1, -0.05) is 59.8 Å². The Bertz CT molecular complexity index is 927. The molecule has 0 bridgehead atoms. The number of nitrogens with two attached hydrogens (primary N) is 1. The van der Waals surface area contributed by atoms with E-state index in [1.165, 1.54) is 0 Å². The van der Waals surface area contributed by atoms with Crippen LogP contribution in [0.25, 0.3) is 23.0 Å². The van der Waals surface area contributed by atoms with E-state index in [1.807, 2.05) is 61.5 Å². The summed E-state index contributed by atoms with van der Waals surface area (Å²) in [6, 6.07) is 17.2. The number of amides is 1. The Morgan fingerprint density at radius 2 is 1.80 bits per heavy atom. The minimum absolute atomic E-state index is 0.274. The molecule has 5 nitrogen and oxygen atoms in total. The summed E-state index contributed by atoms with van der Waals surface area (Å²) in [5, 5.41) is 6.72. The lowest BCUT2D eigenvalue weighted by atomic mass is 10.0. The van der Waals surface area contributed by atoms with Crippen molar-refractivity contribution in [3.05, 3.63) is 77.0 Å². The van der Waals surface area contributed by atoms with E-state index in [0.29, 0.717) is 22.7 Å². The second-order valence-corrected chi connectivity index (χ2v) is 5.63. The largest absolute Gasteiger partial charge is 0.398 e. The quantitative estimate of drug-likeness (QED) is 0.766. The van der Waals surface area contributed by atoms with E-state index < -0.39 is 0 Å². The van der Waals surface area contributed by atoms with Crippen LogP contribution in [0.3, 0.4) is 0 Å². The minimum atomic E-state index is -0.274. The summed E-state index contributed by atoms with van der Waals surface area (Å²) < 4.78 is 5.44. The van der Waals surface area contributed by atoms with Crippen LogP contribution in [0.4, 0.5) is 0 Å². The van der Waals surface area contributed by atoms with Crippen molar-refractivity contribution < 1.29 is 9.32 Å². The molecule has 0 saturated heterocycles. The van der Waals surface area contributed by atoms with Crippen molar-refractivity contribution >= 4 is 17.7 Å². The molecule has 5 heteroatoms. The van der Waals surface area contributed by atoms with Gasteiger partial charge < -0.3 is 15.6 Å². The minimum Gasteiger partial charge on any atom is -0.398 e. The molecule has 126 valence electrons. The fourth-order valence-corrected chi connectivity index (χ4v) is 2.65. The fourth-order valence-electron chi connectivity index (χ4n) is 2.65. The van der Waals surface area contributed by atoms with Crippen molar-refractivity contribution in [3.8, 4) is 11.3 Å². The Morgan fingerprint density at radius 1 is 1.12 bits per heavy atom. The highest BCUT2D eigenvalue weighted by atomic mass is 16.5. The lowest BCUT2D eigenvalue weighted by molar-refractivity contribution is 0.0963. The first kappa shape index (κ1) is 16.5. The zero-order chi connectivity index (χ0) is 17.8. The predicted molar refractivity (Wildman–Crippen MR) is 98.6 cm³/mol. The molecule has 0 fully saturated rings. The van der Waals surface area contributed by atoms with Gasteiger partial charge >= 0.3 is 0 Å². The maximum atomic E-state index is 12.4. The van der Waals surface area contributed by atoms with Crippen LogP contribution < -0.4 is 11.1 Å². The van der Waals surface area contributed by atoms with E-state index in [0.717, 1.165) is 16.7 Å². The maximum Gasteiger partial charge on any atom is 0.257 e. The van der Waals surface area contributed by atoms with Crippen molar-refractivity contribution in [2.75, 3.05) is 7.05 Å². The second kappa shape index (κ2) is 7.05. The average molecular weight is 333 g/mol. The summed E-state index contributed by atoms with van der Waals surface area (Å²) >= 11 is 0. The molecule has 0 aliphatic rings. The molecule has 0 atom stereocenters. The van der Waals surface area contributed by atoms with Gasteiger partial charge in [-0.25, -0.2) is 0 Å². The van der Waals surface area contributed by atoms with E-state index in [9.17, 15) is 4.79 Å². The van der Waals surface area contributed by atoms with Crippen LogP contribution in [-0.4, -0.2) is 18.1 Å². The molecule has 3 N–H and O–H groups in total. The zero-order valence-corrected chi connectivity index (χ0v) is 14.1. The van der Waals surface area contributed by atoms with Gasteiger partial charge in [-0.3, -0.25) is 4.79 Å². The number of nitrogens with one attached hydrogen (secondary N) is 1. The molecule has 3 rings (SSSR count). The third-order valence-corrected chi connectivity index (χ3v) is 3.96. The maximum absolute atomic E-state index is 12.4. The molecule has 0 radical (unpaired) electrons. The smallest absolute Gasteiger partial charge is 0.257 e. The number of rotatable bonds is 4. The number of benzene rings is 2. The van der Waals surface area contributed by atoms with Crippen LogP contribution >= 0.6 is 0 Å². The molecule has 3 aromatic rings. The zero-order valence-electron chi connectivity index (χ0n) is 14.1. The summed E-state index contributed by atoms with van der Waals surface area (Å²) in [7, 11) is 1.57. The van der Waals surface area contributed by atoms with E-state index in [4.69, 9.17) is 10.3 Å². The van der Waals surface area contributed by atoms with Crippen LogP contribution in [-0.2, 0) is 0 Å². The van der Waals surface area contributed by atoms with Gasteiger partial charge in [-0.15, -0.1) is 0 Å². The number of hydrogen-bond acceptors (Lipinski definition) is 4. The van der Waals surface area contributed by atoms with Crippen molar-refractivity contribution in [2.24, 2.45) is 5.73 Å². The molecule has 0 aliphatic heterocycles. The molecular weight excluding hydrogens is 314 g/mol. The van der Waals surface area contributed by atoms with Gasteiger partial charge in [0.25, 0.3) is 5.91 Å². The van der Waals surface area contributed by atoms with Crippen LogP contribution in [0.5, 0.6) is 0 Å². The second-order valence-electron chi connectivity index (χ2n) is 5.63. The van der Waals surface area contributed by atoms with Gasteiger partial charge in [0.15, 0.2) is 5.76 Å². The fraction of sp³-hybridized carbons (Fsp3) is 0.100. The van der Waals surface area contributed by atoms with Gasteiger partial charge in [0.1, 0.15) is 11.3 Å². The van der Waals surface area contributed by atoms with Gasteiger partial charge in [0.05, 0.1) is 0 Å². The summed E-state index contributed by atoms with van der Waals surface area (Å²) in [5.41, 5.74) is 10.3. The van der Waals surface area contributed by atoms with Gasteiger partial charge in [0, 0.05) is 29.9 Å². The number of aryl methyl sites for hydroxylation is 1. The molecule has 0 saturated carbocycles. The number of hydrogen-bond donors (Lipinski definition) is 2. The van der Waals surface area contributed by atoms with Crippen LogP contribution in [0, 0.1) is 6.92 Å². The first-order valence-corrected chi connectivity index (χ1v) is 7.92. The highest BCUT2D eigenvalue weighted by Gasteiger charge is 2.22. The van der Waals surface area contributed by atoms with Crippen molar-refractivity contribution in [3.63, 3.8) is 0 Å². The third-order valence-electron chi connectivity index (χ3n) is 3.96. The van der Waals surface area contributed by atoms with Crippen LogP contribution in [0.1, 0.15) is 27.2 Å². The Hall–Kier alpha value is -3.34. The lowest BCUT2D eigenvalue weighted by Gasteiger charge is -2.05. The molecule has 1 heterocycles. The number of nitrogens with zero attached hydrogens (tertiary/aromatic N) is 1. The van der Waals surface area contributed by atoms with Crippen LogP contribution in [0.2, 0.25) is 0 Å². The number of carbonyl (C=O) groups excluding carboxylic acids is 1. The van der Waals surface area contributed by atoms with E-state index >= 15 is 0 Å². The summed E-state index contributed by atoms with van der Waals surface area (Å²) in [4.78, 5) is 12.4. The van der Waals surface area contributed by atoms with Gasteiger partial charge in [0.2, 0.25) is 0 Å². The molecule has 0 aliphatic carbocycles. The topological polar surface area (TPSA) is 81.2 Å². The van der Waals surface area contributed by atoms with Gasteiger partial charge in [-0.2, -0.15) is 0 Å². The summed E-state index contributed by atoms with van der Waals surface area (Å²) in [5.74, 6) is 0.0582. The SMILES string of the molecule is CNC(=O)c1c(-c2ccccc2)noc1/C=C(\N)c1ccccc1C. The van der Waals surface area contributed by atoms with Crippen molar-refractivity contribution in [2.45, 2.75) is 6.92 Å². The highest BCUT2D eigenvalue weighted by Crippen LogP contribution is 2.28. The van der Waals surface area contributed by atoms with E-state index in [-0.39, 0.29) is 5.91 Å². The molecule has 0 unspecified atom stereocenters. The standard InChI is InChI=1S/C20H19N3O2/c1-13-8-6-7-11-15(13)16(21)12-17-18(20(24)22-2)19(23-25-17)14-9-4-3-5-10-14/h3-12H,21H2,1-2H3,(H,22,24)/b16-12-. The van der Waals surface area contributed by atoms with E-state index in [2.05, 4.69) is 10.5 Å². The molecular formula is C20H19N3O2. The summed E-state index contributed by atoms with van der Waals surface area (Å²) in [6.45, 7) is 1.98. The molecule has 2 aromatic carbocycles. The highest BCUT2D eigenvalue weighted by molar-refractivity contribution is 6.03. The Labute approximate surface area is 146 Å². The van der Waals surface area contributed by atoms with Crippen molar-refractivity contribution in [1.29, 1.82) is 0 Å². The molecule has 1 amide bonds. The first-order valence-electron chi connectivity index (χ1n) is 7.92. The number of carbonyl (C=O) groups is 1. The van der Waals surface area contributed by atoms with Crippen LogP contribution in [0.15, 0.2) is 59.1 Å².